The molecule has 0 radical (unpaired) electrons. The van der Waals surface area contributed by atoms with Crippen molar-refractivity contribution >= 4 is 52.9 Å². The van der Waals surface area contributed by atoms with Crippen LogP contribution in [-0.2, 0) is 28.8 Å². The summed E-state index contributed by atoms with van der Waals surface area (Å²) in [5, 5.41) is 16.4. The second-order valence-corrected chi connectivity index (χ2v) is 4.86. The van der Waals surface area contributed by atoms with Gasteiger partial charge in [0.2, 0.25) is 23.6 Å². The topological polar surface area (TPSA) is 149 Å². The summed E-state index contributed by atoms with van der Waals surface area (Å²) in [7, 11) is 0. The van der Waals surface area contributed by atoms with Gasteiger partial charge in [0.05, 0.1) is 12.8 Å². The van der Waals surface area contributed by atoms with E-state index in [1.807, 2.05) is 0 Å². The number of rotatable bonds is 6. The summed E-state index contributed by atoms with van der Waals surface area (Å²) in [6, 6.07) is 0. The molecule has 0 aromatic rings. The van der Waals surface area contributed by atoms with Crippen LogP contribution in [0.25, 0.3) is 0 Å². The fourth-order valence-electron chi connectivity index (χ4n) is 1.74. The van der Waals surface area contributed by atoms with Gasteiger partial charge in [-0.15, -0.1) is 0 Å². The number of carboxylic acid groups (broad SMARTS) is 2. The predicted octanol–water partition coefficient (Wildman–Crippen LogP) is -0.885. The molecule has 0 atom stereocenters. The van der Waals surface area contributed by atoms with E-state index in [-0.39, 0.29) is 0 Å². The van der Waals surface area contributed by atoms with Gasteiger partial charge in [0.15, 0.2) is 5.11 Å². The Bertz CT molecular complexity index is 564. The van der Waals surface area contributed by atoms with Crippen LogP contribution >= 0.6 is 12.2 Å². The Morgan fingerprint density at radius 3 is 1.48 bits per heavy atom. The number of carbonyl (C=O) groups is 6. The third kappa shape index (κ3) is 4.64. The number of hydrogen-bond donors (Lipinski definition) is 2. The fourth-order valence-corrected chi connectivity index (χ4v) is 2.15. The molecule has 0 bridgehead atoms. The zero-order valence-corrected chi connectivity index (χ0v) is 12.5. The Kier molecular flexibility index (Phi) is 6.02. The van der Waals surface area contributed by atoms with Crippen LogP contribution in [0, 0.1) is 0 Å². The largest absolute Gasteiger partial charge is 0.481 e. The average molecular weight is 344 g/mol. The average Bonchev–Trinajstić information content (AvgIpc) is 2.42. The highest BCUT2D eigenvalue weighted by molar-refractivity contribution is 7.80. The standard InChI is InChI=1S/C12H12N2O8S/c15-6(1-3-10(19)20)13-8(17)5-9(18)14(12(13)23)7(16)2-4-11(21)22/h1-5H2,(H,19,20)(H,21,22). The van der Waals surface area contributed by atoms with E-state index in [0.717, 1.165) is 0 Å². The summed E-state index contributed by atoms with van der Waals surface area (Å²) in [4.78, 5) is 69.0. The Morgan fingerprint density at radius 2 is 1.17 bits per heavy atom. The Labute approximate surface area is 134 Å². The molecule has 1 heterocycles. The SMILES string of the molecule is O=C(O)CCC(=O)N1C(=O)CC(=O)N(C(=O)CCC(=O)O)C1=S. The van der Waals surface area contributed by atoms with Crippen LogP contribution in [0.1, 0.15) is 32.1 Å². The molecule has 11 heteroatoms. The first-order chi connectivity index (χ1) is 10.6. The highest BCUT2D eigenvalue weighted by Gasteiger charge is 2.41. The van der Waals surface area contributed by atoms with Gasteiger partial charge in [-0.1, -0.05) is 0 Å². The normalized spacial score (nSPS) is 14.9. The van der Waals surface area contributed by atoms with Crippen LogP contribution in [-0.4, -0.2) is 60.7 Å². The smallest absolute Gasteiger partial charge is 0.303 e. The maximum Gasteiger partial charge on any atom is 0.303 e. The first-order valence-corrected chi connectivity index (χ1v) is 6.75. The minimum Gasteiger partial charge on any atom is -0.481 e. The summed E-state index contributed by atoms with van der Waals surface area (Å²) in [6.45, 7) is 0. The number of nitrogens with zero attached hydrogens (tertiary/aromatic N) is 2. The molecule has 124 valence electrons. The quantitative estimate of drug-likeness (QED) is 0.462. The molecule has 0 aromatic carbocycles. The van der Waals surface area contributed by atoms with Crippen LogP contribution in [0.5, 0.6) is 0 Å². The summed E-state index contributed by atoms with van der Waals surface area (Å²) in [6.07, 6.45) is -2.96. The summed E-state index contributed by atoms with van der Waals surface area (Å²) in [5.41, 5.74) is 0. The van der Waals surface area contributed by atoms with Crippen molar-refractivity contribution < 1.29 is 39.0 Å². The van der Waals surface area contributed by atoms with Gasteiger partial charge in [-0.25, -0.2) is 9.80 Å². The molecular formula is C12H12N2O8S. The van der Waals surface area contributed by atoms with Gasteiger partial charge < -0.3 is 10.2 Å². The van der Waals surface area contributed by atoms with Gasteiger partial charge in [0.1, 0.15) is 6.42 Å². The lowest BCUT2D eigenvalue weighted by molar-refractivity contribution is -0.152. The van der Waals surface area contributed by atoms with Crippen molar-refractivity contribution in [2.75, 3.05) is 0 Å². The zero-order valence-electron chi connectivity index (χ0n) is 11.7. The lowest BCUT2D eigenvalue weighted by Crippen LogP contribution is -2.58. The van der Waals surface area contributed by atoms with Crippen LogP contribution in [0.3, 0.4) is 0 Å². The van der Waals surface area contributed by atoms with E-state index in [2.05, 4.69) is 0 Å². The molecule has 4 amide bonds. The molecular weight excluding hydrogens is 332 g/mol. The van der Waals surface area contributed by atoms with Crippen LogP contribution in [0.2, 0.25) is 0 Å². The van der Waals surface area contributed by atoms with Gasteiger partial charge in [-0.3, -0.25) is 28.8 Å². The van der Waals surface area contributed by atoms with E-state index in [0.29, 0.717) is 9.80 Å². The van der Waals surface area contributed by atoms with E-state index in [4.69, 9.17) is 22.4 Å². The van der Waals surface area contributed by atoms with Gasteiger partial charge in [0, 0.05) is 12.8 Å². The molecule has 0 aliphatic carbocycles. The van der Waals surface area contributed by atoms with Crippen molar-refractivity contribution in [3.05, 3.63) is 0 Å². The van der Waals surface area contributed by atoms with E-state index >= 15 is 0 Å². The van der Waals surface area contributed by atoms with Crippen LogP contribution in [0.4, 0.5) is 0 Å². The van der Waals surface area contributed by atoms with Crippen molar-refractivity contribution in [3.8, 4) is 0 Å². The molecule has 23 heavy (non-hydrogen) atoms. The highest BCUT2D eigenvalue weighted by Crippen LogP contribution is 2.16. The van der Waals surface area contributed by atoms with Crippen LogP contribution < -0.4 is 0 Å². The first kappa shape index (κ1) is 18.4. The maximum absolute atomic E-state index is 11.9. The van der Waals surface area contributed by atoms with Crippen molar-refractivity contribution in [1.82, 2.24) is 9.80 Å². The van der Waals surface area contributed by atoms with Gasteiger partial charge >= 0.3 is 11.9 Å². The second kappa shape index (κ2) is 7.54. The molecule has 2 N–H and O–H groups in total. The monoisotopic (exact) mass is 344 g/mol. The molecule has 0 aromatic heterocycles. The Balaban J connectivity index is 2.91. The number of aliphatic carboxylic acids is 2. The second-order valence-electron chi connectivity index (χ2n) is 4.49. The van der Waals surface area contributed by atoms with Gasteiger partial charge in [0.25, 0.3) is 0 Å². The number of amides is 4. The molecule has 1 fully saturated rings. The molecule has 1 saturated heterocycles. The number of carboxylic acids is 2. The summed E-state index contributed by atoms with van der Waals surface area (Å²) >= 11 is 4.79. The predicted molar refractivity (Wildman–Crippen MR) is 74.7 cm³/mol. The Hall–Kier alpha value is -2.69. The zero-order chi connectivity index (χ0) is 17.7. The lowest BCUT2D eigenvalue weighted by Gasteiger charge is -2.32. The van der Waals surface area contributed by atoms with Crippen molar-refractivity contribution in [3.63, 3.8) is 0 Å². The summed E-state index contributed by atoms with van der Waals surface area (Å²) in [5.74, 6) is -6.36. The molecule has 1 aliphatic heterocycles. The molecule has 0 spiro atoms. The van der Waals surface area contributed by atoms with Crippen LogP contribution in [0.15, 0.2) is 0 Å². The summed E-state index contributed by atoms with van der Waals surface area (Å²) < 4.78 is 0. The first-order valence-electron chi connectivity index (χ1n) is 6.34. The fraction of sp³-hybridized carbons (Fsp3) is 0.417. The van der Waals surface area contributed by atoms with Gasteiger partial charge in [-0.05, 0) is 12.2 Å². The maximum atomic E-state index is 11.9. The number of thiocarbonyl (C=S) groups is 1. The number of hydrogen-bond acceptors (Lipinski definition) is 7. The third-order valence-electron chi connectivity index (χ3n) is 2.79. The van der Waals surface area contributed by atoms with E-state index in [9.17, 15) is 28.8 Å². The molecule has 0 unspecified atom stereocenters. The van der Waals surface area contributed by atoms with E-state index < -0.39 is 72.8 Å². The Morgan fingerprint density at radius 1 is 0.826 bits per heavy atom. The van der Waals surface area contributed by atoms with Gasteiger partial charge in [-0.2, -0.15) is 0 Å². The number of imide groups is 2. The molecule has 10 nitrogen and oxygen atoms in total. The highest BCUT2D eigenvalue weighted by atomic mass is 32.1. The van der Waals surface area contributed by atoms with E-state index in [1.165, 1.54) is 0 Å². The lowest BCUT2D eigenvalue weighted by atomic mass is 10.2. The number of carbonyl (C=O) groups excluding carboxylic acids is 4. The van der Waals surface area contributed by atoms with Crippen molar-refractivity contribution in [2.45, 2.75) is 32.1 Å². The molecule has 0 saturated carbocycles. The van der Waals surface area contributed by atoms with Crippen molar-refractivity contribution in [2.24, 2.45) is 0 Å². The minimum absolute atomic E-state index is 0.401. The van der Waals surface area contributed by atoms with Crippen molar-refractivity contribution in [1.29, 1.82) is 0 Å². The molecule has 1 rings (SSSR count). The minimum atomic E-state index is -1.26. The van der Waals surface area contributed by atoms with E-state index in [1.54, 1.807) is 0 Å². The molecule has 1 aliphatic rings. The third-order valence-corrected chi connectivity index (χ3v) is 3.15.